The van der Waals surface area contributed by atoms with Crippen LogP contribution in [0.15, 0.2) is 78.4 Å². The fourth-order valence-corrected chi connectivity index (χ4v) is 3.99. The molecule has 0 saturated heterocycles. The van der Waals surface area contributed by atoms with E-state index in [1.165, 1.54) is 0 Å². The summed E-state index contributed by atoms with van der Waals surface area (Å²) in [5, 5.41) is 4.12. The maximum atomic E-state index is 12.6. The van der Waals surface area contributed by atoms with Gasteiger partial charge < -0.3 is 18.9 Å². The third-order valence-electron chi connectivity index (χ3n) is 4.80. The Balaban J connectivity index is 1.70. The van der Waals surface area contributed by atoms with Gasteiger partial charge in [0.05, 0.1) is 23.0 Å². The van der Waals surface area contributed by atoms with E-state index in [1.54, 1.807) is 30.5 Å². The smallest absolute Gasteiger partial charge is 0.271 e. The first-order chi connectivity index (χ1) is 17.5. The SMILES string of the molecule is C=CCOc1ccc(C(=O)N/N=C/c2cc(I)c(OCc3ccccc3)c(OCC)c2)cc1OCC. The fourth-order valence-electron chi connectivity index (χ4n) is 3.21. The number of hydrogen-bond donors (Lipinski definition) is 1. The Hall–Kier alpha value is -3.53. The number of ether oxygens (including phenoxy) is 4. The predicted molar refractivity (Wildman–Crippen MR) is 149 cm³/mol. The molecule has 0 heterocycles. The molecule has 36 heavy (non-hydrogen) atoms. The molecule has 0 spiro atoms. The largest absolute Gasteiger partial charge is 0.490 e. The first kappa shape index (κ1) is 27.1. The Morgan fingerprint density at radius 1 is 0.944 bits per heavy atom. The lowest BCUT2D eigenvalue weighted by molar-refractivity contribution is 0.0954. The quantitative estimate of drug-likeness (QED) is 0.113. The molecule has 188 valence electrons. The number of hydrazone groups is 1. The van der Waals surface area contributed by atoms with Gasteiger partial charge in [-0.3, -0.25) is 4.79 Å². The second-order valence-corrected chi connectivity index (χ2v) is 8.59. The molecule has 0 saturated carbocycles. The van der Waals surface area contributed by atoms with Crippen molar-refractivity contribution in [1.29, 1.82) is 0 Å². The summed E-state index contributed by atoms with van der Waals surface area (Å²) in [4.78, 5) is 12.6. The van der Waals surface area contributed by atoms with E-state index < -0.39 is 0 Å². The van der Waals surface area contributed by atoms with Crippen LogP contribution in [-0.4, -0.2) is 31.9 Å². The van der Waals surface area contributed by atoms with Gasteiger partial charge in [0.1, 0.15) is 13.2 Å². The van der Waals surface area contributed by atoms with Crippen molar-refractivity contribution in [3.8, 4) is 23.0 Å². The number of benzene rings is 3. The van der Waals surface area contributed by atoms with Gasteiger partial charge >= 0.3 is 0 Å². The Morgan fingerprint density at radius 2 is 1.69 bits per heavy atom. The normalized spacial score (nSPS) is 10.6. The summed E-state index contributed by atoms with van der Waals surface area (Å²) in [6, 6.07) is 18.7. The lowest BCUT2D eigenvalue weighted by atomic mass is 10.2. The molecule has 0 aliphatic heterocycles. The molecule has 0 atom stereocenters. The second kappa shape index (κ2) is 14.1. The predicted octanol–water partition coefficient (Wildman–Crippen LogP) is 6.00. The number of carbonyl (C=O) groups excluding carboxylic acids is 1. The maximum Gasteiger partial charge on any atom is 0.271 e. The molecular formula is C28H29IN2O5. The standard InChI is InChI=1S/C28H29IN2O5/c1-4-14-35-24-13-12-22(17-25(24)33-5-2)28(32)31-30-18-21-15-23(29)27(26(16-21)34-6-3)36-19-20-10-8-7-9-11-20/h4,7-13,15-18H,1,5-6,14,19H2,2-3H3,(H,31,32)/b30-18+. The van der Waals surface area contributed by atoms with E-state index in [1.807, 2.05) is 56.3 Å². The van der Waals surface area contributed by atoms with Crippen LogP contribution in [0.5, 0.6) is 23.0 Å². The van der Waals surface area contributed by atoms with E-state index in [9.17, 15) is 4.79 Å². The van der Waals surface area contributed by atoms with Gasteiger partial charge in [0, 0.05) is 5.56 Å². The topological polar surface area (TPSA) is 78.4 Å². The Morgan fingerprint density at radius 3 is 2.42 bits per heavy atom. The molecule has 1 N–H and O–H groups in total. The zero-order valence-corrected chi connectivity index (χ0v) is 22.5. The van der Waals surface area contributed by atoms with E-state index in [-0.39, 0.29) is 5.91 Å². The summed E-state index contributed by atoms with van der Waals surface area (Å²) >= 11 is 2.21. The Kier molecular flexibility index (Phi) is 10.6. The first-order valence-corrected chi connectivity index (χ1v) is 12.6. The van der Waals surface area contributed by atoms with Crippen molar-refractivity contribution >= 4 is 34.7 Å². The number of nitrogens with zero attached hydrogens (tertiary/aromatic N) is 1. The van der Waals surface area contributed by atoms with Crippen LogP contribution in [0.25, 0.3) is 0 Å². The van der Waals surface area contributed by atoms with E-state index in [0.29, 0.717) is 55.0 Å². The molecule has 7 nitrogen and oxygen atoms in total. The second-order valence-electron chi connectivity index (χ2n) is 7.43. The lowest BCUT2D eigenvalue weighted by Gasteiger charge is -2.14. The molecule has 0 aliphatic carbocycles. The summed E-state index contributed by atoms with van der Waals surface area (Å²) < 4.78 is 23.9. The Bertz CT molecular complexity index is 1200. The van der Waals surface area contributed by atoms with Gasteiger partial charge in [0.15, 0.2) is 23.0 Å². The average molecular weight is 600 g/mol. The van der Waals surface area contributed by atoms with E-state index in [0.717, 1.165) is 14.7 Å². The van der Waals surface area contributed by atoms with Crippen LogP contribution in [0, 0.1) is 3.57 Å². The van der Waals surface area contributed by atoms with Crippen molar-refractivity contribution < 1.29 is 23.7 Å². The first-order valence-electron chi connectivity index (χ1n) is 11.5. The average Bonchev–Trinajstić information content (AvgIpc) is 2.88. The number of halogens is 1. The van der Waals surface area contributed by atoms with Crippen molar-refractivity contribution in [2.45, 2.75) is 20.5 Å². The summed E-state index contributed by atoms with van der Waals surface area (Å²) in [7, 11) is 0. The molecule has 3 aromatic carbocycles. The minimum atomic E-state index is -0.370. The number of nitrogens with one attached hydrogen (secondary N) is 1. The van der Waals surface area contributed by atoms with Gasteiger partial charge in [-0.05, 0) is 77.9 Å². The minimum Gasteiger partial charge on any atom is -0.490 e. The highest BCUT2D eigenvalue weighted by atomic mass is 127. The minimum absolute atomic E-state index is 0.342. The monoisotopic (exact) mass is 600 g/mol. The molecule has 1 amide bonds. The lowest BCUT2D eigenvalue weighted by Crippen LogP contribution is -2.17. The van der Waals surface area contributed by atoms with Gasteiger partial charge in [-0.25, -0.2) is 5.43 Å². The molecular weight excluding hydrogens is 571 g/mol. The van der Waals surface area contributed by atoms with Gasteiger partial charge in [0.25, 0.3) is 5.91 Å². The van der Waals surface area contributed by atoms with Gasteiger partial charge in [-0.15, -0.1) is 0 Å². The molecule has 0 fully saturated rings. The molecule has 0 unspecified atom stereocenters. The molecule has 0 aromatic heterocycles. The number of rotatable bonds is 13. The van der Waals surface area contributed by atoms with Crippen LogP contribution in [0.1, 0.15) is 35.3 Å². The summed E-state index contributed by atoms with van der Waals surface area (Å²) in [5.41, 5.74) is 4.78. The number of carbonyl (C=O) groups is 1. The van der Waals surface area contributed by atoms with Crippen LogP contribution >= 0.6 is 22.6 Å². The summed E-state index contributed by atoms with van der Waals surface area (Å²) in [6.07, 6.45) is 3.21. The Labute approximate surface area is 225 Å². The summed E-state index contributed by atoms with van der Waals surface area (Å²) in [6.45, 7) is 9.13. The van der Waals surface area contributed by atoms with Gasteiger partial charge in [0.2, 0.25) is 0 Å². The highest BCUT2D eigenvalue weighted by Crippen LogP contribution is 2.34. The highest BCUT2D eigenvalue weighted by molar-refractivity contribution is 14.1. The molecule has 0 bridgehead atoms. The zero-order valence-electron chi connectivity index (χ0n) is 20.3. The fraction of sp³-hybridized carbons (Fsp3) is 0.214. The third kappa shape index (κ3) is 7.74. The van der Waals surface area contributed by atoms with E-state index in [4.69, 9.17) is 18.9 Å². The van der Waals surface area contributed by atoms with Crippen LogP contribution in [0.2, 0.25) is 0 Å². The van der Waals surface area contributed by atoms with E-state index >= 15 is 0 Å². The van der Waals surface area contributed by atoms with Crippen molar-refractivity contribution in [2.75, 3.05) is 19.8 Å². The number of hydrogen-bond acceptors (Lipinski definition) is 6. The van der Waals surface area contributed by atoms with Crippen LogP contribution in [0.4, 0.5) is 0 Å². The van der Waals surface area contributed by atoms with Crippen molar-refractivity contribution in [2.24, 2.45) is 5.10 Å². The molecule has 0 aliphatic rings. The van der Waals surface area contributed by atoms with Crippen molar-refractivity contribution in [3.63, 3.8) is 0 Å². The van der Waals surface area contributed by atoms with Gasteiger partial charge in [-0.2, -0.15) is 5.10 Å². The molecule has 8 heteroatoms. The van der Waals surface area contributed by atoms with Gasteiger partial charge in [-0.1, -0.05) is 43.0 Å². The maximum absolute atomic E-state index is 12.6. The van der Waals surface area contributed by atoms with Crippen molar-refractivity contribution in [1.82, 2.24) is 5.43 Å². The third-order valence-corrected chi connectivity index (χ3v) is 5.60. The van der Waals surface area contributed by atoms with Crippen LogP contribution in [-0.2, 0) is 6.61 Å². The van der Waals surface area contributed by atoms with E-state index in [2.05, 4.69) is 39.7 Å². The highest BCUT2D eigenvalue weighted by Gasteiger charge is 2.13. The zero-order chi connectivity index (χ0) is 25.8. The van der Waals surface area contributed by atoms with Crippen molar-refractivity contribution in [3.05, 3.63) is 93.6 Å². The molecule has 0 radical (unpaired) electrons. The van der Waals surface area contributed by atoms with Crippen LogP contribution < -0.4 is 24.4 Å². The molecule has 3 rings (SSSR count). The number of amides is 1. The molecule has 3 aromatic rings. The van der Waals surface area contributed by atoms with Crippen LogP contribution in [0.3, 0.4) is 0 Å². The summed E-state index contributed by atoms with van der Waals surface area (Å²) in [5.74, 6) is 1.95.